The molecule has 0 aliphatic heterocycles. The van der Waals surface area contributed by atoms with Gasteiger partial charge in [0.15, 0.2) is 0 Å². The zero-order valence-corrected chi connectivity index (χ0v) is 11.6. The van der Waals surface area contributed by atoms with Crippen molar-refractivity contribution in [3.63, 3.8) is 0 Å². The highest BCUT2D eigenvalue weighted by atomic mass is 32.2. The molecule has 0 amide bonds. The lowest BCUT2D eigenvalue weighted by Crippen LogP contribution is -2.31. The highest BCUT2D eigenvalue weighted by Gasteiger charge is 2.31. The molecular formula is C11H16F3N3O2S. The zero-order valence-electron chi connectivity index (χ0n) is 10.8. The van der Waals surface area contributed by atoms with Gasteiger partial charge in [-0.2, -0.15) is 26.3 Å². The predicted molar refractivity (Wildman–Crippen MR) is 70.2 cm³/mol. The van der Waals surface area contributed by atoms with Crippen molar-refractivity contribution in [2.24, 2.45) is 5.73 Å². The SMILES string of the molecule is CCCNS(=O)(=O)Nc1ccc(C(F)(F)F)cc1CN. The Morgan fingerprint density at radius 2 is 1.95 bits per heavy atom. The molecule has 0 radical (unpaired) electrons. The van der Waals surface area contributed by atoms with Gasteiger partial charge in [0.05, 0.1) is 11.3 Å². The molecule has 0 aliphatic carbocycles. The molecule has 114 valence electrons. The summed E-state index contributed by atoms with van der Waals surface area (Å²) < 4.78 is 65.3. The highest BCUT2D eigenvalue weighted by Crippen LogP contribution is 2.31. The van der Waals surface area contributed by atoms with Crippen molar-refractivity contribution in [2.45, 2.75) is 26.1 Å². The van der Waals surface area contributed by atoms with Crippen molar-refractivity contribution < 1.29 is 21.6 Å². The second-order valence-electron chi connectivity index (χ2n) is 4.07. The van der Waals surface area contributed by atoms with Gasteiger partial charge in [0.2, 0.25) is 0 Å². The highest BCUT2D eigenvalue weighted by molar-refractivity contribution is 7.90. The first-order valence-electron chi connectivity index (χ1n) is 5.87. The van der Waals surface area contributed by atoms with Gasteiger partial charge >= 0.3 is 6.18 Å². The van der Waals surface area contributed by atoms with Gasteiger partial charge in [-0.15, -0.1) is 0 Å². The van der Waals surface area contributed by atoms with E-state index < -0.39 is 21.9 Å². The first-order valence-corrected chi connectivity index (χ1v) is 7.35. The number of anilines is 1. The van der Waals surface area contributed by atoms with E-state index in [0.29, 0.717) is 6.42 Å². The Balaban J connectivity index is 3.02. The van der Waals surface area contributed by atoms with Gasteiger partial charge in [0, 0.05) is 13.1 Å². The fourth-order valence-corrected chi connectivity index (χ4v) is 2.49. The van der Waals surface area contributed by atoms with Crippen LogP contribution in [0.3, 0.4) is 0 Å². The molecule has 0 saturated heterocycles. The molecular weight excluding hydrogens is 295 g/mol. The molecule has 0 fully saturated rings. The van der Waals surface area contributed by atoms with Crippen molar-refractivity contribution in [1.29, 1.82) is 0 Å². The van der Waals surface area contributed by atoms with E-state index >= 15 is 0 Å². The molecule has 5 nitrogen and oxygen atoms in total. The summed E-state index contributed by atoms with van der Waals surface area (Å²) in [6.45, 7) is 1.80. The smallest absolute Gasteiger partial charge is 0.326 e. The average molecular weight is 311 g/mol. The van der Waals surface area contributed by atoms with Gasteiger partial charge in [0.25, 0.3) is 10.2 Å². The van der Waals surface area contributed by atoms with Crippen LogP contribution in [-0.2, 0) is 22.9 Å². The van der Waals surface area contributed by atoms with Crippen LogP contribution in [-0.4, -0.2) is 15.0 Å². The molecule has 20 heavy (non-hydrogen) atoms. The van der Waals surface area contributed by atoms with Crippen LogP contribution < -0.4 is 15.2 Å². The Bertz CT molecular complexity index is 559. The van der Waals surface area contributed by atoms with E-state index in [4.69, 9.17) is 5.73 Å². The van der Waals surface area contributed by atoms with Crippen molar-refractivity contribution in [3.8, 4) is 0 Å². The van der Waals surface area contributed by atoms with E-state index in [1.54, 1.807) is 6.92 Å². The number of hydrogen-bond acceptors (Lipinski definition) is 3. The standard InChI is InChI=1S/C11H16F3N3O2S/c1-2-5-16-20(18,19)17-10-4-3-9(11(12,13)14)6-8(10)7-15/h3-4,6,16-17H,2,5,7,15H2,1H3. The van der Waals surface area contributed by atoms with Crippen LogP contribution in [0, 0.1) is 0 Å². The number of hydrogen-bond donors (Lipinski definition) is 3. The zero-order chi connectivity index (χ0) is 15.4. The monoisotopic (exact) mass is 311 g/mol. The summed E-state index contributed by atoms with van der Waals surface area (Å²) in [5.41, 5.74) is 4.59. The number of alkyl halides is 3. The quantitative estimate of drug-likeness (QED) is 0.749. The summed E-state index contributed by atoms with van der Waals surface area (Å²) in [5.74, 6) is 0. The Morgan fingerprint density at radius 3 is 2.45 bits per heavy atom. The minimum absolute atomic E-state index is 0.0316. The van der Waals surface area contributed by atoms with Crippen LogP contribution in [0.1, 0.15) is 24.5 Å². The normalized spacial score (nSPS) is 12.4. The molecule has 1 rings (SSSR count). The Labute approximate surface area is 115 Å². The average Bonchev–Trinajstić information content (AvgIpc) is 2.35. The summed E-state index contributed by atoms with van der Waals surface area (Å²) in [6.07, 6.45) is -3.90. The van der Waals surface area contributed by atoms with Gasteiger partial charge in [-0.05, 0) is 30.2 Å². The molecule has 0 aliphatic rings. The number of halogens is 3. The molecule has 0 atom stereocenters. The van der Waals surface area contributed by atoms with E-state index in [-0.39, 0.29) is 24.3 Å². The minimum atomic E-state index is -4.50. The van der Waals surface area contributed by atoms with Gasteiger partial charge in [-0.3, -0.25) is 4.72 Å². The summed E-state index contributed by atoms with van der Waals surface area (Å²) in [5, 5.41) is 0. The number of rotatable bonds is 6. The molecule has 0 saturated carbocycles. The summed E-state index contributed by atoms with van der Waals surface area (Å²) in [4.78, 5) is 0. The Morgan fingerprint density at radius 1 is 1.30 bits per heavy atom. The van der Waals surface area contributed by atoms with Crippen molar-refractivity contribution >= 4 is 15.9 Å². The second kappa shape index (κ2) is 6.42. The molecule has 1 aromatic carbocycles. The van der Waals surface area contributed by atoms with Crippen LogP contribution in [0.4, 0.5) is 18.9 Å². The fraction of sp³-hybridized carbons (Fsp3) is 0.455. The molecule has 0 heterocycles. The first kappa shape index (κ1) is 16.7. The topological polar surface area (TPSA) is 84.2 Å². The molecule has 0 spiro atoms. The number of nitrogens with one attached hydrogen (secondary N) is 2. The van der Waals surface area contributed by atoms with Gasteiger partial charge in [0.1, 0.15) is 0 Å². The summed E-state index contributed by atoms with van der Waals surface area (Å²) in [7, 11) is -3.81. The van der Waals surface area contributed by atoms with E-state index in [2.05, 4.69) is 9.44 Å². The molecule has 0 aromatic heterocycles. The lowest BCUT2D eigenvalue weighted by molar-refractivity contribution is -0.137. The maximum absolute atomic E-state index is 12.5. The lowest BCUT2D eigenvalue weighted by Gasteiger charge is -2.14. The summed E-state index contributed by atoms with van der Waals surface area (Å²) in [6, 6.07) is 2.69. The van der Waals surface area contributed by atoms with Crippen molar-refractivity contribution in [2.75, 3.05) is 11.3 Å². The van der Waals surface area contributed by atoms with Crippen LogP contribution in [0.5, 0.6) is 0 Å². The van der Waals surface area contributed by atoms with Crippen LogP contribution in [0.15, 0.2) is 18.2 Å². The maximum atomic E-state index is 12.5. The first-order chi connectivity index (χ1) is 9.19. The van der Waals surface area contributed by atoms with E-state index in [1.807, 2.05) is 0 Å². The van der Waals surface area contributed by atoms with Gasteiger partial charge in [-0.1, -0.05) is 6.92 Å². The predicted octanol–water partition coefficient (Wildman–Crippen LogP) is 1.82. The molecule has 0 unspecified atom stereocenters. The van der Waals surface area contributed by atoms with E-state index in [1.165, 1.54) is 0 Å². The lowest BCUT2D eigenvalue weighted by atomic mass is 10.1. The van der Waals surface area contributed by atoms with Crippen molar-refractivity contribution in [1.82, 2.24) is 4.72 Å². The third-order valence-corrected chi connectivity index (χ3v) is 3.51. The van der Waals surface area contributed by atoms with E-state index in [0.717, 1.165) is 18.2 Å². The Hall–Kier alpha value is -1.32. The second-order valence-corrected chi connectivity index (χ2v) is 5.57. The molecule has 9 heteroatoms. The third kappa shape index (κ3) is 4.66. The molecule has 1 aromatic rings. The number of benzene rings is 1. The summed E-state index contributed by atoms with van der Waals surface area (Å²) >= 11 is 0. The molecule has 0 bridgehead atoms. The van der Waals surface area contributed by atoms with E-state index in [9.17, 15) is 21.6 Å². The third-order valence-electron chi connectivity index (χ3n) is 2.44. The maximum Gasteiger partial charge on any atom is 0.416 e. The molecule has 4 N–H and O–H groups in total. The van der Waals surface area contributed by atoms with Crippen LogP contribution in [0.2, 0.25) is 0 Å². The van der Waals surface area contributed by atoms with Gasteiger partial charge < -0.3 is 5.73 Å². The van der Waals surface area contributed by atoms with Crippen molar-refractivity contribution in [3.05, 3.63) is 29.3 Å². The minimum Gasteiger partial charge on any atom is -0.326 e. The van der Waals surface area contributed by atoms with Gasteiger partial charge in [-0.25, -0.2) is 0 Å². The number of nitrogens with two attached hydrogens (primary N) is 1. The van der Waals surface area contributed by atoms with Crippen LogP contribution >= 0.6 is 0 Å². The Kier molecular flexibility index (Phi) is 5.37. The van der Waals surface area contributed by atoms with Crippen LogP contribution in [0.25, 0.3) is 0 Å². The fourth-order valence-electron chi connectivity index (χ4n) is 1.46. The largest absolute Gasteiger partial charge is 0.416 e.